The van der Waals surface area contributed by atoms with Crippen molar-refractivity contribution < 1.29 is 19.8 Å². The first kappa shape index (κ1) is 14.5. The van der Waals surface area contributed by atoms with Gasteiger partial charge in [0, 0.05) is 5.69 Å². The number of fused-ring (bicyclic) bond motifs is 1. The lowest BCUT2D eigenvalue weighted by Gasteiger charge is -2.10. The molecule has 7 heteroatoms. The summed E-state index contributed by atoms with van der Waals surface area (Å²) in [4.78, 5) is 30.4. The van der Waals surface area contributed by atoms with E-state index >= 15 is 0 Å². The fraction of sp³-hybridized carbons (Fsp3) is 0. The third-order valence-electron chi connectivity index (χ3n) is 3.29. The molecule has 0 amide bonds. The molecule has 0 aliphatic rings. The van der Waals surface area contributed by atoms with Crippen LogP contribution < -0.4 is 5.32 Å². The molecule has 0 fully saturated rings. The first-order valence-electron chi connectivity index (χ1n) is 6.63. The maximum atomic E-state index is 11.4. The lowest BCUT2D eigenvalue weighted by atomic mass is 10.1. The second kappa shape index (κ2) is 5.72. The lowest BCUT2D eigenvalue weighted by molar-refractivity contribution is 0.0687. The molecule has 0 atom stereocenters. The summed E-state index contributed by atoms with van der Waals surface area (Å²) < 4.78 is 0. The van der Waals surface area contributed by atoms with Crippen molar-refractivity contribution in [2.45, 2.75) is 0 Å². The average Bonchev–Trinajstić information content (AvgIpc) is 2.55. The van der Waals surface area contributed by atoms with Crippen LogP contribution >= 0.6 is 0 Å². The molecule has 1 heterocycles. The van der Waals surface area contributed by atoms with Crippen molar-refractivity contribution in [1.29, 1.82) is 0 Å². The van der Waals surface area contributed by atoms with Crippen LogP contribution in [0.25, 0.3) is 10.9 Å². The fourth-order valence-electron chi connectivity index (χ4n) is 2.22. The molecule has 114 valence electrons. The zero-order valence-electron chi connectivity index (χ0n) is 11.7. The molecular weight excluding hydrogens is 298 g/mol. The largest absolute Gasteiger partial charge is 0.478 e. The van der Waals surface area contributed by atoms with E-state index in [1.54, 1.807) is 24.3 Å². The number of nitrogens with zero attached hydrogens (tertiary/aromatic N) is 2. The number of aromatic carboxylic acids is 2. The molecule has 23 heavy (non-hydrogen) atoms. The quantitative estimate of drug-likeness (QED) is 0.679. The van der Waals surface area contributed by atoms with Gasteiger partial charge in [-0.25, -0.2) is 19.6 Å². The Hall–Kier alpha value is -3.48. The number of benzene rings is 2. The predicted molar refractivity (Wildman–Crippen MR) is 83.2 cm³/mol. The van der Waals surface area contributed by atoms with Crippen LogP contribution in [-0.2, 0) is 0 Å². The number of hydrogen-bond donors (Lipinski definition) is 3. The van der Waals surface area contributed by atoms with E-state index in [9.17, 15) is 14.7 Å². The van der Waals surface area contributed by atoms with Crippen molar-refractivity contribution in [3.8, 4) is 0 Å². The molecule has 0 aliphatic heterocycles. The molecule has 0 saturated carbocycles. The molecule has 0 aliphatic carbocycles. The van der Waals surface area contributed by atoms with E-state index in [0.29, 0.717) is 22.4 Å². The number of carboxylic acids is 2. The van der Waals surface area contributed by atoms with Crippen molar-refractivity contribution in [3.63, 3.8) is 0 Å². The molecule has 0 bridgehead atoms. The van der Waals surface area contributed by atoms with Crippen LogP contribution in [0.5, 0.6) is 0 Å². The van der Waals surface area contributed by atoms with Gasteiger partial charge in [0.15, 0.2) is 0 Å². The Morgan fingerprint density at radius 1 is 0.913 bits per heavy atom. The Bertz CT molecular complexity index is 902. The minimum absolute atomic E-state index is 0.0905. The van der Waals surface area contributed by atoms with Gasteiger partial charge in [-0.2, -0.15) is 0 Å². The fourth-order valence-corrected chi connectivity index (χ4v) is 2.22. The van der Waals surface area contributed by atoms with Crippen LogP contribution in [0.15, 0.2) is 48.8 Å². The number of hydrogen-bond acceptors (Lipinski definition) is 5. The highest BCUT2D eigenvalue weighted by Crippen LogP contribution is 2.26. The standard InChI is InChI=1S/C16H11N3O4/c20-15(21)9-4-6-10(7-5-9)19-14-13-11(16(22)23)2-1-3-12(13)17-8-18-14/h1-8H,(H,20,21)(H,22,23)(H,17,18,19). The molecule has 7 nitrogen and oxygen atoms in total. The maximum Gasteiger partial charge on any atom is 0.336 e. The van der Waals surface area contributed by atoms with Crippen molar-refractivity contribution in [2.75, 3.05) is 5.32 Å². The second-order valence-electron chi connectivity index (χ2n) is 4.73. The summed E-state index contributed by atoms with van der Waals surface area (Å²) in [6.07, 6.45) is 1.34. The Balaban J connectivity index is 2.06. The van der Waals surface area contributed by atoms with Crippen molar-refractivity contribution in [2.24, 2.45) is 0 Å². The zero-order chi connectivity index (χ0) is 16.4. The Morgan fingerprint density at radius 3 is 2.30 bits per heavy atom. The molecule has 3 rings (SSSR count). The number of anilines is 2. The molecule has 3 aromatic rings. The highest BCUT2D eigenvalue weighted by molar-refractivity contribution is 6.07. The van der Waals surface area contributed by atoms with E-state index in [2.05, 4.69) is 15.3 Å². The molecular formula is C16H11N3O4. The maximum absolute atomic E-state index is 11.4. The molecule has 3 N–H and O–H groups in total. The first-order chi connectivity index (χ1) is 11.1. The van der Waals surface area contributed by atoms with Gasteiger partial charge in [-0.15, -0.1) is 0 Å². The van der Waals surface area contributed by atoms with Crippen molar-refractivity contribution in [1.82, 2.24) is 9.97 Å². The van der Waals surface area contributed by atoms with Gasteiger partial charge in [0.25, 0.3) is 0 Å². The number of carbonyl (C=O) groups is 2. The minimum atomic E-state index is -1.07. The Labute approximate surface area is 130 Å². The van der Waals surface area contributed by atoms with Crippen LogP contribution in [0.3, 0.4) is 0 Å². The highest BCUT2D eigenvalue weighted by atomic mass is 16.4. The van der Waals surface area contributed by atoms with Gasteiger partial charge in [-0.1, -0.05) is 6.07 Å². The van der Waals surface area contributed by atoms with Crippen LogP contribution in [0.1, 0.15) is 20.7 Å². The molecule has 0 saturated heterocycles. The summed E-state index contributed by atoms with van der Waals surface area (Å²) in [5, 5.41) is 21.6. The first-order valence-corrected chi connectivity index (χ1v) is 6.63. The van der Waals surface area contributed by atoms with Gasteiger partial charge in [0.1, 0.15) is 12.1 Å². The van der Waals surface area contributed by atoms with E-state index < -0.39 is 11.9 Å². The summed E-state index contributed by atoms with van der Waals surface area (Å²) in [5.41, 5.74) is 1.35. The summed E-state index contributed by atoms with van der Waals surface area (Å²) in [6.45, 7) is 0. The topological polar surface area (TPSA) is 112 Å². The van der Waals surface area contributed by atoms with E-state index in [1.807, 2.05) is 0 Å². The van der Waals surface area contributed by atoms with Crippen molar-refractivity contribution in [3.05, 3.63) is 59.9 Å². The SMILES string of the molecule is O=C(O)c1ccc(Nc2ncnc3cccc(C(=O)O)c23)cc1. The van der Waals surface area contributed by atoms with E-state index in [-0.39, 0.29) is 11.1 Å². The summed E-state index contributed by atoms with van der Waals surface area (Å²) >= 11 is 0. The van der Waals surface area contributed by atoms with Gasteiger partial charge >= 0.3 is 11.9 Å². The van der Waals surface area contributed by atoms with Gasteiger partial charge in [-0.3, -0.25) is 0 Å². The highest BCUT2D eigenvalue weighted by Gasteiger charge is 2.14. The van der Waals surface area contributed by atoms with Crippen LogP contribution in [0, 0.1) is 0 Å². The lowest BCUT2D eigenvalue weighted by Crippen LogP contribution is -2.03. The summed E-state index contributed by atoms with van der Waals surface area (Å²) in [7, 11) is 0. The van der Waals surface area contributed by atoms with Crippen LogP contribution in [-0.4, -0.2) is 32.1 Å². The third kappa shape index (κ3) is 2.80. The molecule has 2 aromatic carbocycles. The Kier molecular flexibility index (Phi) is 3.60. The van der Waals surface area contributed by atoms with Crippen LogP contribution in [0.4, 0.5) is 11.5 Å². The predicted octanol–water partition coefficient (Wildman–Crippen LogP) is 2.77. The molecule has 0 spiro atoms. The van der Waals surface area contributed by atoms with Gasteiger partial charge in [0.2, 0.25) is 0 Å². The van der Waals surface area contributed by atoms with Crippen molar-refractivity contribution >= 4 is 34.3 Å². The molecule has 0 radical (unpaired) electrons. The normalized spacial score (nSPS) is 10.4. The van der Waals surface area contributed by atoms with E-state index in [0.717, 1.165) is 0 Å². The van der Waals surface area contributed by atoms with Gasteiger partial charge in [-0.05, 0) is 36.4 Å². The monoisotopic (exact) mass is 309 g/mol. The Morgan fingerprint density at radius 2 is 1.65 bits per heavy atom. The van der Waals surface area contributed by atoms with E-state index in [1.165, 1.54) is 24.5 Å². The van der Waals surface area contributed by atoms with Gasteiger partial charge in [0.05, 0.1) is 22.0 Å². The number of nitrogens with one attached hydrogen (secondary N) is 1. The third-order valence-corrected chi connectivity index (χ3v) is 3.29. The van der Waals surface area contributed by atoms with Crippen LogP contribution in [0.2, 0.25) is 0 Å². The van der Waals surface area contributed by atoms with Gasteiger partial charge < -0.3 is 15.5 Å². The molecule has 0 unspecified atom stereocenters. The minimum Gasteiger partial charge on any atom is -0.478 e. The number of rotatable bonds is 4. The molecule has 1 aromatic heterocycles. The number of carboxylic acid groups (broad SMARTS) is 2. The summed E-state index contributed by atoms with van der Waals surface area (Å²) in [6, 6.07) is 10.9. The smallest absolute Gasteiger partial charge is 0.336 e. The number of aromatic nitrogens is 2. The summed E-state index contributed by atoms with van der Waals surface area (Å²) in [5.74, 6) is -1.75. The average molecular weight is 309 g/mol. The zero-order valence-corrected chi connectivity index (χ0v) is 11.7. The second-order valence-corrected chi connectivity index (χ2v) is 4.73. The van der Waals surface area contributed by atoms with E-state index in [4.69, 9.17) is 5.11 Å².